The van der Waals surface area contributed by atoms with Crippen LogP contribution in [-0.2, 0) is 0 Å². The van der Waals surface area contributed by atoms with Gasteiger partial charge in [-0.1, -0.05) is 20.8 Å². The molecule has 0 saturated carbocycles. The Balaban J connectivity index is 0.000000214. The average molecular weight is 620 g/mol. The number of carbonyl (C=O) groups excluding carboxylic acids is 1. The molecule has 0 aliphatic carbocycles. The molecule has 5 rings (SSSR count). The first-order valence-electron chi connectivity index (χ1n) is 15.2. The van der Waals surface area contributed by atoms with Gasteiger partial charge in [0.25, 0.3) is 5.91 Å². The summed E-state index contributed by atoms with van der Waals surface area (Å²) in [5, 5.41) is 0. The van der Waals surface area contributed by atoms with Crippen molar-refractivity contribution in [3.63, 3.8) is 0 Å². The Bertz CT molecular complexity index is 1490. The molecule has 2 heterocycles. The van der Waals surface area contributed by atoms with E-state index in [9.17, 15) is 4.79 Å². The van der Waals surface area contributed by atoms with E-state index < -0.39 is 0 Å². The lowest BCUT2D eigenvalue weighted by Crippen LogP contribution is -2.35. The maximum atomic E-state index is 12.5. The molecule has 2 aliphatic heterocycles. The second-order valence-corrected chi connectivity index (χ2v) is 11.6. The zero-order valence-corrected chi connectivity index (χ0v) is 27.3. The molecule has 0 spiro atoms. The van der Waals surface area contributed by atoms with Gasteiger partial charge in [0.1, 0.15) is 11.5 Å². The Kier molecular flexibility index (Phi) is 11.4. The Morgan fingerprint density at radius 3 is 2.16 bits per heavy atom. The van der Waals surface area contributed by atoms with Gasteiger partial charge >= 0.3 is 0 Å². The SMILES string of the molecule is COc1cc2c(cc1OC)C(=O)N1CCCC1C=N2.COc1ccc(Oc2ccc(OCC(C)CC(C)C)cc2N)cc1OC. The van der Waals surface area contributed by atoms with E-state index in [-0.39, 0.29) is 11.9 Å². The molecule has 2 N–H and O–H groups in total. The van der Waals surface area contributed by atoms with Gasteiger partial charge in [0.15, 0.2) is 28.7 Å². The van der Waals surface area contributed by atoms with Gasteiger partial charge in [0, 0.05) is 31.0 Å². The van der Waals surface area contributed by atoms with Gasteiger partial charge in [-0.3, -0.25) is 9.79 Å². The number of nitrogens with two attached hydrogens (primary N) is 1. The van der Waals surface area contributed by atoms with Crippen molar-refractivity contribution in [2.45, 2.75) is 46.1 Å². The van der Waals surface area contributed by atoms with Crippen molar-refractivity contribution in [1.29, 1.82) is 0 Å². The molecule has 0 radical (unpaired) electrons. The second-order valence-electron chi connectivity index (χ2n) is 11.6. The quantitative estimate of drug-likeness (QED) is 0.225. The topological polar surface area (TPSA) is 114 Å². The van der Waals surface area contributed by atoms with Gasteiger partial charge in [0.05, 0.1) is 58.0 Å². The minimum absolute atomic E-state index is 0.0240. The van der Waals surface area contributed by atoms with Crippen LogP contribution >= 0.6 is 0 Å². The van der Waals surface area contributed by atoms with Crippen molar-refractivity contribution in [1.82, 2.24) is 4.90 Å². The zero-order chi connectivity index (χ0) is 32.5. The number of ether oxygens (including phenoxy) is 6. The molecular weight excluding hydrogens is 574 g/mol. The van der Waals surface area contributed by atoms with Gasteiger partial charge in [-0.25, -0.2) is 0 Å². The van der Waals surface area contributed by atoms with Crippen LogP contribution in [0.2, 0.25) is 0 Å². The van der Waals surface area contributed by atoms with E-state index in [0.29, 0.717) is 69.9 Å². The summed E-state index contributed by atoms with van der Waals surface area (Å²) in [5.74, 6) is 5.52. The third-order valence-electron chi connectivity index (χ3n) is 7.65. The number of amides is 1. The van der Waals surface area contributed by atoms with Crippen LogP contribution in [0.25, 0.3) is 0 Å². The van der Waals surface area contributed by atoms with E-state index in [0.717, 1.165) is 31.6 Å². The minimum Gasteiger partial charge on any atom is -0.493 e. The van der Waals surface area contributed by atoms with Crippen LogP contribution in [0.15, 0.2) is 53.5 Å². The minimum atomic E-state index is 0.0240. The maximum Gasteiger partial charge on any atom is 0.256 e. The van der Waals surface area contributed by atoms with Crippen LogP contribution in [0.1, 0.15) is 50.4 Å². The molecular formula is C35H45N3O7. The molecule has 2 atom stereocenters. The highest BCUT2D eigenvalue weighted by atomic mass is 16.5. The third kappa shape index (κ3) is 8.32. The van der Waals surface area contributed by atoms with Crippen LogP contribution in [0.5, 0.6) is 40.2 Å². The van der Waals surface area contributed by atoms with Crippen molar-refractivity contribution in [3.05, 3.63) is 54.1 Å². The molecule has 1 amide bonds. The molecule has 2 unspecified atom stereocenters. The number of hydrogen-bond acceptors (Lipinski definition) is 9. The summed E-state index contributed by atoms with van der Waals surface area (Å²) in [6, 6.07) is 14.4. The molecule has 1 saturated heterocycles. The zero-order valence-electron chi connectivity index (χ0n) is 27.3. The molecule has 0 aromatic heterocycles. The van der Waals surface area contributed by atoms with Crippen molar-refractivity contribution in [3.8, 4) is 40.2 Å². The Labute approximate surface area is 266 Å². The molecule has 242 valence electrons. The molecule has 0 bridgehead atoms. The number of anilines is 1. The Morgan fingerprint density at radius 2 is 1.49 bits per heavy atom. The number of methoxy groups -OCH3 is 4. The molecule has 3 aromatic rings. The lowest BCUT2D eigenvalue weighted by atomic mass is 10.00. The van der Waals surface area contributed by atoms with E-state index >= 15 is 0 Å². The van der Waals surface area contributed by atoms with Gasteiger partial charge in [-0.05, 0) is 61.4 Å². The summed E-state index contributed by atoms with van der Waals surface area (Å²) in [5.41, 5.74) is 7.88. The maximum absolute atomic E-state index is 12.5. The largest absolute Gasteiger partial charge is 0.493 e. The monoisotopic (exact) mass is 619 g/mol. The van der Waals surface area contributed by atoms with Gasteiger partial charge < -0.3 is 39.1 Å². The normalized spacial score (nSPS) is 15.7. The predicted octanol–water partition coefficient (Wildman–Crippen LogP) is 7.16. The first-order valence-corrected chi connectivity index (χ1v) is 15.2. The fourth-order valence-corrected chi connectivity index (χ4v) is 5.49. The van der Waals surface area contributed by atoms with Crippen molar-refractivity contribution in [2.75, 3.05) is 47.3 Å². The molecule has 2 aliphatic rings. The third-order valence-corrected chi connectivity index (χ3v) is 7.65. The molecule has 3 aromatic carbocycles. The smallest absolute Gasteiger partial charge is 0.256 e. The van der Waals surface area contributed by atoms with E-state index in [1.807, 2.05) is 23.2 Å². The van der Waals surface area contributed by atoms with Crippen molar-refractivity contribution >= 4 is 23.5 Å². The van der Waals surface area contributed by atoms with Crippen LogP contribution in [0.3, 0.4) is 0 Å². The second kappa shape index (κ2) is 15.4. The van der Waals surface area contributed by atoms with E-state index in [1.165, 1.54) is 0 Å². The van der Waals surface area contributed by atoms with Crippen molar-refractivity contribution < 1.29 is 33.2 Å². The summed E-state index contributed by atoms with van der Waals surface area (Å²) in [6.45, 7) is 8.10. The predicted molar refractivity (Wildman–Crippen MR) is 176 cm³/mol. The Hall–Kier alpha value is -4.60. The first kappa shape index (κ1) is 33.3. The van der Waals surface area contributed by atoms with Crippen LogP contribution in [0.4, 0.5) is 11.4 Å². The summed E-state index contributed by atoms with van der Waals surface area (Å²) in [6.07, 6.45) is 5.02. The van der Waals surface area contributed by atoms with Crippen LogP contribution < -0.4 is 34.2 Å². The fraction of sp³-hybridized carbons (Fsp3) is 0.429. The average Bonchev–Trinajstić information content (AvgIpc) is 3.47. The molecule has 45 heavy (non-hydrogen) atoms. The highest BCUT2D eigenvalue weighted by molar-refractivity contribution is 6.03. The highest BCUT2D eigenvalue weighted by Crippen LogP contribution is 2.38. The summed E-state index contributed by atoms with van der Waals surface area (Å²) < 4.78 is 32.7. The number of benzene rings is 3. The summed E-state index contributed by atoms with van der Waals surface area (Å²) in [7, 11) is 6.32. The van der Waals surface area contributed by atoms with E-state index in [1.54, 1.807) is 64.8 Å². The molecule has 1 fully saturated rings. The highest BCUT2D eigenvalue weighted by Gasteiger charge is 2.32. The standard InChI is InChI=1S/C21H29NO4.C14H16N2O3/c1-14(2)10-15(3)13-25-16-6-8-19(18(22)11-16)26-17-7-9-20(23-4)21(12-17)24-5;1-18-12-6-10-11(7-13(12)19-2)15-8-9-4-3-5-16(9)14(10)17/h6-9,11-12,14-15H,10,13,22H2,1-5H3;6-9H,3-5H2,1-2H3. The number of hydrogen-bond donors (Lipinski definition) is 1. The van der Waals surface area contributed by atoms with Crippen LogP contribution in [-0.4, -0.2) is 64.7 Å². The fourth-order valence-electron chi connectivity index (χ4n) is 5.49. The van der Waals surface area contributed by atoms with Crippen molar-refractivity contribution in [2.24, 2.45) is 16.8 Å². The van der Waals surface area contributed by atoms with Gasteiger partial charge in [0.2, 0.25) is 0 Å². The number of aliphatic imine (C=N–C) groups is 1. The number of fused-ring (bicyclic) bond motifs is 2. The molecule has 10 heteroatoms. The van der Waals surface area contributed by atoms with Gasteiger partial charge in [-0.15, -0.1) is 0 Å². The lowest BCUT2D eigenvalue weighted by molar-refractivity contribution is 0.0774. The number of nitrogen functional groups attached to an aromatic ring is 1. The summed E-state index contributed by atoms with van der Waals surface area (Å²) >= 11 is 0. The van der Waals surface area contributed by atoms with Gasteiger partial charge in [-0.2, -0.15) is 0 Å². The van der Waals surface area contributed by atoms with E-state index in [4.69, 9.17) is 34.2 Å². The number of carbonyl (C=O) groups is 1. The first-order chi connectivity index (χ1) is 21.7. The lowest BCUT2D eigenvalue weighted by Gasteiger charge is -2.20. The van der Waals surface area contributed by atoms with Crippen LogP contribution in [0, 0.1) is 11.8 Å². The number of rotatable bonds is 11. The number of nitrogens with zero attached hydrogens (tertiary/aromatic N) is 2. The Morgan fingerprint density at radius 1 is 0.844 bits per heavy atom. The van der Waals surface area contributed by atoms with E-state index in [2.05, 4.69) is 25.8 Å². The summed E-state index contributed by atoms with van der Waals surface area (Å²) in [4.78, 5) is 18.9. The molecule has 10 nitrogen and oxygen atoms in total.